The van der Waals surface area contributed by atoms with Crippen LogP contribution in [0, 0.1) is 11.8 Å². The number of esters is 2. The molecule has 5 heteroatoms. The number of carbonyl (C=O) groups is 2. The lowest BCUT2D eigenvalue weighted by Gasteiger charge is -2.23. The van der Waals surface area contributed by atoms with Gasteiger partial charge in [0.05, 0.1) is 17.9 Å². The predicted octanol–water partition coefficient (Wildman–Crippen LogP) is 0.267. The van der Waals surface area contributed by atoms with E-state index < -0.39 is 6.10 Å². The van der Waals surface area contributed by atoms with E-state index in [2.05, 4.69) is 0 Å². The lowest BCUT2D eigenvalue weighted by atomic mass is 9.88. The van der Waals surface area contributed by atoms with Crippen molar-refractivity contribution in [2.45, 2.75) is 44.7 Å². The highest BCUT2D eigenvalue weighted by Gasteiger charge is 2.65. The zero-order chi connectivity index (χ0) is 11.4. The second kappa shape index (κ2) is 3.20. The Balaban J connectivity index is 1.75. The Kier molecular flexibility index (Phi) is 2.01. The Hall–Kier alpha value is -1.10. The zero-order valence-corrected chi connectivity index (χ0v) is 9.21. The summed E-state index contributed by atoms with van der Waals surface area (Å²) in [4.78, 5) is 22.9. The summed E-state index contributed by atoms with van der Waals surface area (Å²) in [6.07, 6.45) is -0.506. The first-order valence-corrected chi connectivity index (χ1v) is 5.64. The first-order chi connectivity index (χ1) is 7.58. The van der Waals surface area contributed by atoms with Crippen molar-refractivity contribution in [3.05, 3.63) is 0 Å². The molecule has 0 spiro atoms. The van der Waals surface area contributed by atoms with Crippen molar-refractivity contribution in [3.8, 4) is 0 Å². The Morgan fingerprint density at radius 1 is 1.44 bits per heavy atom. The molecular formula is C11H14O5. The molecule has 3 fully saturated rings. The molecule has 0 aromatic rings. The molecule has 3 saturated heterocycles. The highest BCUT2D eigenvalue weighted by molar-refractivity contribution is 5.78. The van der Waals surface area contributed by atoms with Crippen LogP contribution >= 0.6 is 0 Å². The van der Waals surface area contributed by atoms with Crippen LogP contribution < -0.4 is 0 Å². The molecule has 3 heterocycles. The molecular weight excluding hydrogens is 212 g/mol. The highest BCUT2D eigenvalue weighted by Crippen LogP contribution is 2.47. The van der Waals surface area contributed by atoms with Gasteiger partial charge in [-0.25, -0.2) is 0 Å². The van der Waals surface area contributed by atoms with E-state index in [0.29, 0.717) is 6.42 Å². The van der Waals surface area contributed by atoms with Gasteiger partial charge in [-0.1, -0.05) is 13.8 Å². The monoisotopic (exact) mass is 226 g/mol. The van der Waals surface area contributed by atoms with Crippen molar-refractivity contribution in [2.75, 3.05) is 0 Å². The largest absolute Gasteiger partial charge is 0.455 e. The quantitative estimate of drug-likeness (QED) is 0.632. The molecule has 0 aromatic carbocycles. The lowest BCUT2D eigenvalue weighted by Crippen LogP contribution is -2.40. The third kappa shape index (κ3) is 1.21. The molecule has 3 aliphatic rings. The Labute approximate surface area is 93.0 Å². The van der Waals surface area contributed by atoms with E-state index >= 15 is 0 Å². The van der Waals surface area contributed by atoms with Crippen molar-refractivity contribution >= 4 is 11.9 Å². The van der Waals surface area contributed by atoms with Crippen molar-refractivity contribution < 1.29 is 23.8 Å². The van der Waals surface area contributed by atoms with Gasteiger partial charge in [-0.3, -0.25) is 9.59 Å². The smallest absolute Gasteiger partial charge is 0.312 e. The van der Waals surface area contributed by atoms with Crippen LogP contribution in [-0.2, 0) is 23.8 Å². The number of rotatable bonds is 2. The van der Waals surface area contributed by atoms with Gasteiger partial charge in [-0.05, 0) is 6.42 Å². The Morgan fingerprint density at radius 3 is 2.88 bits per heavy atom. The SMILES string of the molecule is CC(C)C(=O)OC1C2CC3C(=O)OC1C3O2. The summed E-state index contributed by atoms with van der Waals surface area (Å²) in [5, 5.41) is 0. The van der Waals surface area contributed by atoms with E-state index in [4.69, 9.17) is 14.2 Å². The van der Waals surface area contributed by atoms with Gasteiger partial charge in [0.15, 0.2) is 12.2 Å². The van der Waals surface area contributed by atoms with Gasteiger partial charge in [-0.15, -0.1) is 0 Å². The van der Waals surface area contributed by atoms with Crippen molar-refractivity contribution in [3.63, 3.8) is 0 Å². The molecule has 3 rings (SSSR count). The third-order valence-electron chi connectivity index (χ3n) is 3.51. The molecule has 88 valence electrons. The first kappa shape index (κ1) is 10.1. The maximum Gasteiger partial charge on any atom is 0.312 e. The summed E-state index contributed by atoms with van der Waals surface area (Å²) in [5.41, 5.74) is 0. The summed E-state index contributed by atoms with van der Waals surface area (Å²) in [7, 11) is 0. The van der Waals surface area contributed by atoms with Crippen LogP contribution in [0.15, 0.2) is 0 Å². The molecule has 0 amide bonds. The molecule has 5 atom stereocenters. The second-order valence-corrected chi connectivity index (χ2v) is 4.94. The standard InChI is InChI=1S/C11H14O5/c1-4(2)10(12)15-8-6-3-5-7(14-6)9(8)16-11(5)13/h4-9H,3H2,1-2H3. The van der Waals surface area contributed by atoms with Gasteiger partial charge in [0.2, 0.25) is 0 Å². The summed E-state index contributed by atoms with van der Waals surface area (Å²) in [5.74, 6) is -0.780. The van der Waals surface area contributed by atoms with Crippen molar-refractivity contribution in [1.29, 1.82) is 0 Å². The molecule has 5 unspecified atom stereocenters. The minimum Gasteiger partial charge on any atom is -0.455 e. The maximum absolute atomic E-state index is 11.5. The number of ether oxygens (including phenoxy) is 3. The minimum absolute atomic E-state index is 0.135. The van der Waals surface area contributed by atoms with Crippen LogP contribution in [0.1, 0.15) is 20.3 Å². The number of fused-ring (bicyclic) bond motifs is 1. The predicted molar refractivity (Wildman–Crippen MR) is 51.4 cm³/mol. The van der Waals surface area contributed by atoms with E-state index in [1.807, 2.05) is 0 Å². The Morgan fingerprint density at radius 2 is 2.19 bits per heavy atom. The number of carbonyl (C=O) groups excluding carboxylic acids is 2. The molecule has 0 aliphatic carbocycles. The second-order valence-electron chi connectivity index (χ2n) is 4.94. The van der Waals surface area contributed by atoms with Crippen LogP contribution in [0.5, 0.6) is 0 Å². The van der Waals surface area contributed by atoms with E-state index in [9.17, 15) is 9.59 Å². The minimum atomic E-state index is -0.400. The molecule has 5 nitrogen and oxygen atoms in total. The first-order valence-electron chi connectivity index (χ1n) is 5.64. The van der Waals surface area contributed by atoms with Crippen LogP contribution in [0.25, 0.3) is 0 Å². The molecule has 16 heavy (non-hydrogen) atoms. The fourth-order valence-electron chi connectivity index (χ4n) is 2.65. The zero-order valence-electron chi connectivity index (χ0n) is 9.21. The molecule has 0 aromatic heterocycles. The van der Waals surface area contributed by atoms with Crippen LogP contribution in [0.2, 0.25) is 0 Å². The number of hydrogen-bond donors (Lipinski definition) is 0. The van der Waals surface area contributed by atoms with Gasteiger partial charge in [-0.2, -0.15) is 0 Å². The molecule has 2 bridgehead atoms. The summed E-state index contributed by atoms with van der Waals surface area (Å²) < 4.78 is 16.1. The van der Waals surface area contributed by atoms with Gasteiger partial charge in [0, 0.05) is 0 Å². The molecule has 0 saturated carbocycles. The normalized spacial score (nSPS) is 43.9. The topological polar surface area (TPSA) is 61.8 Å². The average molecular weight is 226 g/mol. The highest BCUT2D eigenvalue weighted by atomic mass is 16.7. The summed E-state index contributed by atoms with van der Waals surface area (Å²) in [6, 6.07) is 0. The van der Waals surface area contributed by atoms with Crippen molar-refractivity contribution in [1.82, 2.24) is 0 Å². The van der Waals surface area contributed by atoms with Crippen LogP contribution in [0.3, 0.4) is 0 Å². The van der Waals surface area contributed by atoms with E-state index in [-0.39, 0.29) is 42.1 Å². The molecule has 3 aliphatic heterocycles. The summed E-state index contributed by atoms with van der Waals surface area (Å²) in [6.45, 7) is 3.56. The number of hydrogen-bond acceptors (Lipinski definition) is 5. The van der Waals surface area contributed by atoms with Gasteiger partial charge in [0.25, 0.3) is 0 Å². The van der Waals surface area contributed by atoms with E-state index in [0.717, 1.165) is 0 Å². The Bertz CT molecular complexity index is 350. The van der Waals surface area contributed by atoms with Crippen LogP contribution in [0.4, 0.5) is 0 Å². The molecule has 0 N–H and O–H groups in total. The fraction of sp³-hybridized carbons (Fsp3) is 0.818. The van der Waals surface area contributed by atoms with Gasteiger partial charge >= 0.3 is 11.9 Å². The van der Waals surface area contributed by atoms with Crippen LogP contribution in [-0.4, -0.2) is 36.4 Å². The average Bonchev–Trinajstić information content (AvgIpc) is 2.81. The summed E-state index contributed by atoms with van der Waals surface area (Å²) >= 11 is 0. The maximum atomic E-state index is 11.5. The van der Waals surface area contributed by atoms with Gasteiger partial charge < -0.3 is 14.2 Å². The molecule has 0 radical (unpaired) electrons. The lowest BCUT2D eigenvalue weighted by molar-refractivity contribution is -0.163. The van der Waals surface area contributed by atoms with Gasteiger partial charge in [0.1, 0.15) is 6.10 Å². The fourth-order valence-corrected chi connectivity index (χ4v) is 2.65. The third-order valence-corrected chi connectivity index (χ3v) is 3.51. The van der Waals surface area contributed by atoms with E-state index in [1.54, 1.807) is 13.8 Å². The van der Waals surface area contributed by atoms with Crippen molar-refractivity contribution in [2.24, 2.45) is 11.8 Å². The van der Waals surface area contributed by atoms with E-state index in [1.165, 1.54) is 0 Å².